The summed E-state index contributed by atoms with van der Waals surface area (Å²) in [4.78, 5) is 14.8. The van der Waals surface area contributed by atoms with Gasteiger partial charge in [-0.15, -0.1) is 0 Å². The fraction of sp³-hybridized carbons (Fsp3) is 0. The van der Waals surface area contributed by atoms with E-state index in [-0.39, 0.29) is 47.0 Å². The fourth-order valence-electron chi connectivity index (χ4n) is 8.28. The van der Waals surface area contributed by atoms with Crippen molar-refractivity contribution in [3.63, 3.8) is 0 Å². The molecular formula is C55H34N4O. The van der Waals surface area contributed by atoms with Crippen LogP contribution in [0.15, 0.2) is 211 Å². The van der Waals surface area contributed by atoms with E-state index in [4.69, 9.17) is 27.6 Å². The molecule has 0 spiro atoms. The Labute approximate surface area is 353 Å². The van der Waals surface area contributed by atoms with Crippen molar-refractivity contribution in [3.05, 3.63) is 206 Å². The maximum Gasteiger partial charge on any atom is 0.164 e. The van der Waals surface area contributed by atoms with E-state index in [1.165, 1.54) is 12.1 Å². The first-order valence-electron chi connectivity index (χ1n) is 22.7. The zero-order valence-electron chi connectivity index (χ0n) is 37.9. The summed E-state index contributed by atoms with van der Waals surface area (Å²) in [6, 6.07) is 54.5. The van der Waals surface area contributed by atoms with Gasteiger partial charge in [0.1, 0.15) is 11.2 Å². The first kappa shape index (κ1) is 28.3. The van der Waals surface area contributed by atoms with Gasteiger partial charge >= 0.3 is 0 Å². The third-order valence-electron chi connectivity index (χ3n) is 11.2. The van der Waals surface area contributed by atoms with Crippen LogP contribution in [0.4, 0.5) is 0 Å². The second-order valence-electron chi connectivity index (χ2n) is 14.8. The first-order chi connectivity index (χ1) is 32.2. The average molecular weight is 773 g/mol. The number of benzene rings is 9. The van der Waals surface area contributed by atoms with Crippen molar-refractivity contribution in [1.29, 1.82) is 0 Å². The summed E-state index contributed by atoms with van der Waals surface area (Å²) in [6.07, 6.45) is 0. The maximum atomic E-state index is 9.07. The second kappa shape index (κ2) is 13.8. The molecule has 0 saturated carbocycles. The number of nitrogens with zero attached hydrogens (tertiary/aromatic N) is 4. The van der Waals surface area contributed by atoms with Crippen LogP contribution in [0.2, 0.25) is 0 Å². The largest absolute Gasteiger partial charge is 0.455 e. The van der Waals surface area contributed by atoms with Crippen molar-refractivity contribution in [2.75, 3.05) is 0 Å². The van der Waals surface area contributed by atoms with Gasteiger partial charge in [0.05, 0.1) is 19.3 Å². The van der Waals surface area contributed by atoms with Crippen LogP contribution in [0.3, 0.4) is 0 Å². The first-order valence-corrected chi connectivity index (χ1v) is 19.7. The Kier molecular flexibility index (Phi) is 6.48. The van der Waals surface area contributed by atoms with Crippen LogP contribution in [0.25, 0.3) is 117 Å². The molecule has 0 radical (unpaired) electrons. The lowest BCUT2D eigenvalue weighted by atomic mass is 9.98. The number of rotatable bonds is 6. The van der Waals surface area contributed by atoms with Crippen LogP contribution in [0.5, 0.6) is 0 Å². The number of furan rings is 1. The van der Waals surface area contributed by atoms with E-state index in [0.29, 0.717) is 45.4 Å². The van der Waals surface area contributed by atoms with Crippen LogP contribution >= 0.6 is 0 Å². The van der Waals surface area contributed by atoms with Gasteiger partial charge in [-0.25, -0.2) is 15.0 Å². The molecule has 0 bridgehead atoms. The highest BCUT2D eigenvalue weighted by Crippen LogP contribution is 2.42. The minimum Gasteiger partial charge on any atom is -0.455 e. The lowest BCUT2D eigenvalue weighted by molar-refractivity contribution is 0.670. The van der Waals surface area contributed by atoms with E-state index in [0.717, 1.165) is 60.5 Å². The molecule has 9 aromatic carbocycles. The molecule has 3 aromatic heterocycles. The van der Waals surface area contributed by atoms with Crippen molar-refractivity contribution in [2.45, 2.75) is 0 Å². The summed E-state index contributed by atoms with van der Waals surface area (Å²) in [6.45, 7) is 0. The number of fused-ring (bicyclic) bond motifs is 7. The van der Waals surface area contributed by atoms with Crippen LogP contribution in [-0.4, -0.2) is 19.5 Å². The van der Waals surface area contributed by atoms with Gasteiger partial charge in [-0.3, -0.25) is 0 Å². The third kappa shape index (κ3) is 5.67. The summed E-state index contributed by atoms with van der Waals surface area (Å²) in [5.41, 5.74) is 8.82. The van der Waals surface area contributed by atoms with E-state index in [1.807, 2.05) is 115 Å². The van der Waals surface area contributed by atoms with Crippen molar-refractivity contribution in [1.82, 2.24) is 19.5 Å². The molecule has 0 aliphatic rings. The summed E-state index contributed by atoms with van der Waals surface area (Å²) >= 11 is 0. The van der Waals surface area contributed by atoms with Crippen molar-refractivity contribution < 1.29 is 12.6 Å². The lowest BCUT2D eigenvalue weighted by Gasteiger charge is -2.11. The Morgan fingerprint density at radius 3 is 1.57 bits per heavy atom. The molecule has 3 heterocycles. The number of aromatic nitrogens is 4. The number of hydrogen-bond donors (Lipinski definition) is 0. The zero-order chi connectivity index (χ0) is 44.8. The average Bonchev–Trinajstić information content (AvgIpc) is 3.92. The Balaban J connectivity index is 1.02. The molecule has 0 aliphatic heterocycles. The van der Waals surface area contributed by atoms with Crippen LogP contribution in [-0.2, 0) is 0 Å². The van der Waals surface area contributed by atoms with E-state index < -0.39 is 0 Å². The molecule has 12 rings (SSSR count). The number of para-hydroxylation sites is 2. The molecule has 0 amide bonds. The molecule has 5 heteroatoms. The Morgan fingerprint density at radius 1 is 0.400 bits per heavy atom. The number of hydrogen-bond acceptors (Lipinski definition) is 4. The molecule has 12 aromatic rings. The molecule has 280 valence electrons. The maximum absolute atomic E-state index is 9.07. The predicted molar refractivity (Wildman–Crippen MR) is 246 cm³/mol. The van der Waals surface area contributed by atoms with Gasteiger partial charge in [-0.2, -0.15) is 0 Å². The van der Waals surface area contributed by atoms with Gasteiger partial charge in [0.25, 0.3) is 0 Å². The highest BCUT2D eigenvalue weighted by atomic mass is 16.3. The van der Waals surface area contributed by atoms with Crippen LogP contribution < -0.4 is 0 Å². The Bertz CT molecular complexity index is 3820. The van der Waals surface area contributed by atoms with Gasteiger partial charge in [0.2, 0.25) is 0 Å². The summed E-state index contributed by atoms with van der Waals surface area (Å²) in [5.74, 6) is 1.78. The highest BCUT2D eigenvalue weighted by Gasteiger charge is 2.19. The van der Waals surface area contributed by atoms with Gasteiger partial charge in [-0.1, -0.05) is 158 Å². The summed E-state index contributed by atoms with van der Waals surface area (Å²) in [5, 5.41) is 4.17. The lowest BCUT2D eigenvalue weighted by Crippen LogP contribution is -2.00. The van der Waals surface area contributed by atoms with Gasteiger partial charge in [-0.05, 0) is 75.9 Å². The molecule has 0 saturated heterocycles. The molecule has 0 atom stereocenters. The van der Waals surface area contributed by atoms with Gasteiger partial charge < -0.3 is 8.98 Å². The van der Waals surface area contributed by atoms with E-state index in [9.17, 15) is 0 Å². The molecule has 0 unspecified atom stereocenters. The highest BCUT2D eigenvalue weighted by molar-refractivity contribution is 6.13. The topological polar surface area (TPSA) is 56.7 Å². The zero-order valence-corrected chi connectivity index (χ0v) is 31.9. The van der Waals surface area contributed by atoms with Crippen molar-refractivity contribution >= 4 is 54.5 Å². The van der Waals surface area contributed by atoms with Crippen LogP contribution in [0, 0.1) is 0 Å². The molecular weight excluding hydrogens is 733 g/mol. The second-order valence-corrected chi connectivity index (χ2v) is 14.8. The SMILES string of the molecule is [2H]c1cc([2H])c2c(c1[2H])c1c([2H])c([2H])cc([2H])c1n2-c1cc(-c2ccccc2)c2oc3cc(-c4ccc5ccc(-c6nc(-c7ccccc7)nc(-c7ccccc7)n6)cc5c4)ccc3c2c1. The van der Waals surface area contributed by atoms with Crippen LogP contribution in [0.1, 0.15) is 8.22 Å². The van der Waals surface area contributed by atoms with Crippen molar-refractivity contribution in [3.8, 4) is 62.1 Å². The molecule has 0 aliphatic carbocycles. The minimum atomic E-state index is -0.158. The standard InChI is InChI=1S/C55H34N4O/c1-4-14-36(15-5-1)47-33-43(59-49-22-12-10-20-44(49)45-21-11-13-23-50(45)59)34-48-46-29-28-40(32-51(46)60-52(47)48)39-26-24-35-25-27-41(31-42(35)30-39)55-57-53(37-16-6-2-7-17-37)56-54(58-55)38-18-8-3-9-19-38/h1-34H/i10D,11D,20D,21D,22D,23D. The predicted octanol–water partition coefficient (Wildman–Crippen LogP) is 14.4. The van der Waals surface area contributed by atoms with E-state index in [1.54, 1.807) is 4.57 Å². The Hall–Kier alpha value is -8.15. The summed E-state index contributed by atoms with van der Waals surface area (Å²) in [7, 11) is 0. The van der Waals surface area contributed by atoms with Gasteiger partial charge in [0, 0.05) is 49.5 Å². The monoisotopic (exact) mass is 772 g/mol. The quantitative estimate of drug-likeness (QED) is 0.169. The molecule has 0 N–H and O–H groups in total. The minimum absolute atomic E-state index is 0.0136. The fourth-order valence-corrected chi connectivity index (χ4v) is 8.28. The molecule has 0 fully saturated rings. The molecule has 5 nitrogen and oxygen atoms in total. The summed E-state index contributed by atoms with van der Waals surface area (Å²) < 4.78 is 61.5. The molecule has 60 heavy (non-hydrogen) atoms. The van der Waals surface area contributed by atoms with E-state index >= 15 is 0 Å². The Morgan fingerprint density at radius 2 is 0.933 bits per heavy atom. The third-order valence-corrected chi connectivity index (χ3v) is 11.2. The smallest absolute Gasteiger partial charge is 0.164 e. The normalized spacial score (nSPS) is 13.1. The van der Waals surface area contributed by atoms with Crippen molar-refractivity contribution in [2.24, 2.45) is 0 Å². The van der Waals surface area contributed by atoms with E-state index in [2.05, 4.69) is 42.5 Å². The van der Waals surface area contributed by atoms with Gasteiger partial charge in [0.15, 0.2) is 17.5 Å².